The number of halogens is 1. The fraction of sp³-hybridized carbons (Fsp3) is 0.333. The number of nitriles is 2. The van der Waals surface area contributed by atoms with Crippen molar-refractivity contribution in [3.63, 3.8) is 0 Å². The third-order valence-electron chi connectivity index (χ3n) is 4.69. The van der Waals surface area contributed by atoms with Gasteiger partial charge in [-0.15, -0.1) is 0 Å². The molecule has 3 nitrogen and oxygen atoms in total. The minimum absolute atomic E-state index is 0.103. The highest BCUT2D eigenvalue weighted by Crippen LogP contribution is 2.49. The number of hydrogen-bond acceptors (Lipinski definition) is 3. The first kappa shape index (κ1) is 14.4. The van der Waals surface area contributed by atoms with Gasteiger partial charge in [-0.3, -0.25) is 0 Å². The van der Waals surface area contributed by atoms with Crippen molar-refractivity contribution in [2.75, 3.05) is 0 Å². The Kier molecular flexibility index (Phi) is 3.69. The van der Waals surface area contributed by atoms with E-state index in [-0.39, 0.29) is 17.7 Å². The zero-order valence-corrected chi connectivity index (χ0v) is 12.1. The molecular weight excluding hydrogens is 277 g/mol. The van der Waals surface area contributed by atoms with Crippen molar-refractivity contribution in [2.24, 2.45) is 17.6 Å². The molecule has 0 aromatic heterocycles. The molecule has 2 aliphatic carbocycles. The molecule has 0 saturated carbocycles. The van der Waals surface area contributed by atoms with Crippen molar-refractivity contribution in [1.29, 1.82) is 10.5 Å². The van der Waals surface area contributed by atoms with Gasteiger partial charge in [0.1, 0.15) is 11.9 Å². The lowest BCUT2D eigenvalue weighted by atomic mass is 9.63. The smallest absolute Gasteiger partial charge is 0.123 e. The number of hydrogen-bond donors (Lipinski definition) is 1. The van der Waals surface area contributed by atoms with Crippen LogP contribution in [0.5, 0.6) is 0 Å². The SMILES string of the molecule is N#CC1=C(N)[C@H](C#N)[C@@H](c2ccc(F)cc2)[C@@H]2CCCC=C12. The molecular formula is C18H16FN3. The van der Waals surface area contributed by atoms with E-state index >= 15 is 0 Å². The van der Waals surface area contributed by atoms with E-state index in [4.69, 9.17) is 5.73 Å². The van der Waals surface area contributed by atoms with Crippen LogP contribution in [0.2, 0.25) is 0 Å². The molecule has 2 N–H and O–H groups in total. The summed E-state index contributed by atoms with van der Waals surface area (Å²) in [4.78, 5) is 0. The Morgan fingerprint density at radius 1 is 1.18 bits per heavy atom. The molecule has 0 radical (unpaired) electrons. The van der Waals surface area contributed by atoms with Crippen LogP contribution >= 0.6 is 0 Å². The maximum absolute atomic E-state index is 13.2. The van der Waals surface area contributed by atoms with Gasteiger partial charge in [0.05, 0.1) is 17.6 Å². The Morgan fingerprint density at radius 3 is 2.55 bits per heavy atom. The molecule has 0 saturated heterocycles. The van der Waals surface area contributed by atoms with E-state index in [1.165, 1.54) is 12.1 Å². The van der Waals surface area contributed by atoms with E-state index in [9.17, 15) is 14.9 Å². The van der Waals surface area contributed by atoms with Crippen molar-refractivity contribution in [1.82, 2.24) is 0 Å². The fourth-order valence-electron chi connectivity index (χ4n) is 3.70. The van der Waals surface area contributed by atoms with Gasteiger partial charge >= 0.3 is 0 Å². The normalized spacial score (nSPS) is 27.4. The van der Waals surface area contributed by atoms with Crippen LogP contribution in [0.25, 0.3) is 0 Å². The summed E-state index contributed by atoms with van der Waals surface area (Å²) in [7, 11) is 0. The van der Waals surface area contributed by atoms with Crippen LogP contribution in [0.4, 0.5) is 4.39 Å². The second-order valence-electron chi connectivity index (χ2n) is 5.82. The van der Waals surface area contributed by atoms with E-state index in [0.29, 0.717) is 11.3 Å². The highest BCUT2D eigenvalue weighted by atomic mass is 19.1. The Morgan fingerprint density at radius 2 is 1.91 bits per heavy atom. The molecule has 110 valence electrons. The third kappa shape index (κ3) is 2.18. The van der Waals surface area contributed by atoms with Crippen LogP contribution in [0.15, 0.2) is 47.2 Å². The molecule has 3 atom stereocenters. The highest BCUT2D eigenvalue weighted by Gasteiger charge is 2.42. The van der Waals surface area contributed by atoms with Gasteiger partial charge < -0.3 is 5.73 Å². The van der Waals surface area contributed by atoms with Crippen molar-refractivity contribution >= 4 is 0 Å². The predicted molar refractivity (Wildman–Crippen MR) is 80.5 cm³/mol. The zero-order valence-electron chi connectivity index (χ0n) is 12.1. The van der Waals surface area contributed by atoms with E-state index in [1.807, 2.05) is 0 Å². The molecule has 0 spiro atoms. The zero-order chi connectivity index (χ0) is 15.7. The van der Waals surface area contributed by atoms with Gasteiger partial charge in [-0.25, -0.2) is 4.39 Å². The van der Waals surface area contributed by atoms with Crippen LogP contribution in [0.3, 0.4) is 0 Å². The molecule has 1 aromatic rings. The monoisotopic (exact) mass is 293 g/mol. The summed E-state index contributed by atoms with van der Waals surface area (Å²) in [6, 6.07) is 10.7. The Bertz CT molecular complexity index is 731. The number of allylic oxidation sites excluding steroid dienone is 4. The van der Waals surface area contributed by atoms with Crippen LogP contribution in [0, 0.1) is 40.3 Å². The summed E-state index contributed by atoms with van der Waals surface area (Å²) in [5.74, 6) is -0.853. The third-order valence-corrected chi connectivity index (χ3v) is 4.69. The summed E-state index contributed by atoms with van der Waals surface area (Å²) >= 11 is 0. The number of rotatable bonds is 1. The number of fused-ring (bicyclic) bond motifs is 1. The fourth-order valence-corrected chi connectivity index (χ4v) is 3.70. The van der Waals surface area contributed by atoms with Gasteiger partial charge in [-0.1, -0.05) is 18.2 Å². The molecule has 0 amide bonds. The summed E-state index contributed by atoms with van der Waals surface area (Å²) in [6.45, 7) is 0. The maximum Gasteiger partial charge on any atom is 0.123 e. The van der Waals surface area contributed by atoms with E-state index in [2.05, 4.69) is 18.2 Å². The van der Waals surface area contributed by atoms with Crippen molar-refractivity contribution in [2.45, 2.75) is 25.2 Å². The van der Waals surface area contributed by atoms with Gasteiger partial charge in [0, 0.05) is 11.6 Å². The summed E-state index contributed by atoms with van der Waals surface area (Å²) in [5, 5.41) is 19.0. The van der Waals surface area contributed by atoms with Crippen LogP contribution in [0.1, 0.15) is 30.7 Å². The Labute approximate surface area is 129 Å². The van der Waals surface area contributed by atoms with Crippen molar-refractivity contribution in [3.05, 3.63) is 58.6 Å². The Balaban J connectivity index is 2.17. The average Bonchev–Trinajstić information content (AvgIpc) is 2.55. The first-order chi connectivity index (χ1) is 10.7. The molecule has 0 fully saturated rings. The highest BCUT2D eigenvalue weighted by molar-refractivity contribution is 5.54. The van der Waals surface area contributed by atoms with E-state index < -0.39 is 5.92 Å². The maximum atomic E-state index is 13.2. The minimum Gasteiger partial charge on any atom is -0.400 e. The molecule has 4 heteroatoms. The van der Waals surface area contributed by atoms with E-state index in [1.54, 1.807) is 12.1 Å². The molecule has 2 aliphatic rings. The molecule has 0 bridgehead atoms. The molecule has 22 heavy (non-hydrogen) atoms. The topological polar surface area (TPSA) is 73.6 Å². The second kappa shape index (κ2) is 5.66. The van der Waals surface area contributed by atoms with Crippen LogP contribution < -0.4 is 5.73 Å². The largest absolute Gasteiger partial charge is 0.400 e. The number of nitrogens with zero attached hydrogens (tertiary/aromatic N) is 2. The molecule has 0 unspecified atom stereocenters. The van der Waals surface area contributed by atoms with E-state index in [0.717, 1.165) is 30.4 Å². The lowest BCUT2D eigenvalue weighted by Crippen LogP contribution is -2.34. The van der Waals surface area contributed by atoms with Crippen LogP contribution in [-0.2, 0) is 0 Å². The van der Waals surface area contributed by atoms with Gasteiger partial charge in [0.2, 0.25) is 0 Å². The van der Waals surface area contributed by atoms with Crippen LogP contribution in [-0.4, -0.2) is 0 Å². The second-order valence-corrected chi connectivity index (χ2v) is 5.82. The predicted octanol–water partition coefficient (Wildman–Crippen LogP) is 3.53. The lowest BCUT2D eigenvalue weighted by Gasteiger charge is -2.39. The Hall–Kier alpha value is -2.59. The lowest BCUT2D eigenvalue weighted by molar-refractivity contribution is 0.368. The first-order valence-electron chi connectivity index (χ1n) is 7.42. The molecule has 0 aliphatic heterocycles. The average molecular weight is 293 g/mol. The number of nitrogens with two attached hydrogens (primary N) is 1. The molecule has 0 heterocycles. The molecule has 1 aromatic carbocycles. The summed E-state index contributed by atoms with van der Waals surface area (Å²) < 4.78 is 13.2. The van der Waals surface area contributed by atoms with Crippen molar-refractivity contribution < 1.29 is 4.39 Å². The van der Waals surface area contributed by atoms with Gasteiger partial charge in [-0.05, 0) is 48.4 Å². The first-order valence-corrected chi connectivity index (χ1v) is 7.42. The quantitative estimate of drug-likeness (QED) is 0.860. The van der Waals surface area contributed by atoms with Crippen molar-refractivity contribution in [3.8, 4) is 12.1 Å². The minimum atomic E-state index is -0.541. The summed E-state index contributed by atoms with van der Waals surface area (Å²) in [5.41, 5.74) is 8.82. The number of benzene rings is 1. The summed E-state index contributed by atoms with van der Waals surface area (Å²) in [6.07, 6.45) is 4.95. The molecule has 3 rings (SSSR count). The van der Waals surface area contributed by atoms with Gasteiger partial charge in [0.15, 0.2) is 0 Å². The standard InChI is InChI=1S/C18H16FN3/c19-12-7-5-11(6-8-12)17-14-4-2-1-3-13(14)15(9-20)18(22)16(17)10-21/h3,5-8,14,16-17H,1-2,4,22H2/t14-,16-,17+/m1/s1. The van der Waals surface area contributed by atoms with Gasteiger partial charge in [0.25, 0.3) is 0 Å². The van der Waals surface area contributed by atoms with Gasteiger partial charge in [-0.2, -0.15) is 10.5 Å².